The van der Waals surface area contributed by atoms with Gasteiger partial charge in [-0.15, -0.1) is 0 Å². The van der Waals surface area contributed by atoms with Crippen molar-refractivity contribution in [2.45, 2.75) is 19.1 Å². The average Bonchev–Trinajstić information content (AvgIpc) is 2.46. The van der Waals surface area contributed by atoms with Gasteiger partial charge in [-0.05, 0) is 19.1 Å². The van der Waals surface area contributed by atoms with Crippen LogP contribution >= 0.6 is 11.8 Å². The van der Waals surface area contributed by atoms with Gasteiger partial charge >= 0.3 is 0 Å². The van der Waals surface area contributed by atoms with Crippen LogP contribution in [-0.4, -0.2) is 47.5 Å². The van der Waals surface area contributed by atoms with Crippen molar-refractivity contribution in [2.75, 3.05) is 29.9 Å². The highest BCUT2D eigenvalue weighted by molar-refractivity contribution is 7.99. The molecule has 3 rings (SSSR count). The van der Waals surface area contributed by atoms with E-state index in [9.17, 15) is 4.79 Å². The largest absolute Gasteiger partial charge is 0.477 e. The van der Waals surface area contributed by atoms with E-state index in [-0.39, 0.29) is 5.91 Å². The van der Waals surface area contributed by atoms with Crippen LogP contribution in [0.15, 0.2) is 24.3 Å². The zero-order valence-electron chi connectivity index (χ0n) is 11.0. The second-order valence-electron chi connectivity index (χ2n) is 4.94. The number of hydrogen-bond donors (Lipinski definition) is 1. The Morgan fingerprint density at radius 2 is 2.32 bits per heavy atom. The van der Waals surface area contributed by atoms with E-state index in [1.165, 1.54) is 0 Å². The number of nitrogens with one attached hydrogen (secondary N) is 1. The smallest absolute Gasteiger partial charge is 0.265 e. The molecular formula is C14H18N2O2S. The summed E-state index contributed by atoms with van der Waals surface area (Å²) in [7, 11) is 0. The van der Waals surface area contributed by atoms with Gasteiger partial charge in [-0.25, -0.2) is 0 Å². The van der Waals surface area contributed by atoms with Crippen LogP contribution in [0.25, 0.3) is 0 Å². The van der Waals surface area contributed by atoms with E-state index in [2.05, 4.69) is 12.2 Å². The predicted octanol–water partition coefficient (Wildman–Crippen LogP) is 1.82. The summed E-state index contributed by atoms with van der Waals surface area (Å²) in [5, 5.41) is 3.27. The maximum absolute atomic E-state index is 12.5. The summed E-state index contributed by atoms with van der Waals surface area (Å²) in [6.45, 7) is 3.48. The fraction of sp³-hybridized carbons (Fsp3) is 0.500. The van der Waals surface area contributed by atoms with Crippen LogP contribution in [0, 0.1) is 0 Å². The minimum absolute atomic E-state index is 0.106. The van der Waals surface area contributed by atoms with E-state index < -0.39 is 6.10 Å². The monoisotopic (exact) mass is 278 g/mol. The molecule has 1 aromatic rings. The van der Waals surface area contributed by atoms with Gasteiger partial charge in [0.05, 0.1) is 12.2 Å². The minimum atomic E-state index is -0.402. The Hall–Kier alpha value is -1.36. The summed E-state index contributed by atoms with van der Waals surface area (Å²) in [4.78, 5) is 14.5. The van der Waals surface area contributed by atoms with Gasteiger partial charge in [0.2, 0.25) is 0 Å². The van der Waals surface area contributed by atoms with Gasteiger partial charge in [-0.3, -0.25) is 4.79 Å². The lowest BCUT2D eigenvalue weighted by atomic mass is 10.2. The molecule has 2 heterocycles. The summed E-state index contributed by atoms with van der Waals surface area (Å²) < 4.78 is 5.83. The molecule has 0 saturated carbocycles. The van der Waals surface area contributed by atoms with Crippen molar-refractivity contribution in [1.82, 2.24) is 4.90 Å². The van der Waals surface area contributed by atoms with Gasteiger partial charge in [0.25, 0.3) is 5.91 Å². The minimum Gasteiger partial charge on any atom is -0.477 e. The zero-order chi connectivity index (χ0) is 13.2. The molecule has 1 fully saturated rings. The molecule has 2 aliphatic rings. The van der Waals surface area contributed by atoms with Crippen LogP contribution in [0.5, 0.6) is 5.75 Å². The standard InChI is InChI=1S/C14H18N2O2S/c1-10-9-19-7-6-16(10)14(17)13-8-15-11-4-2-3-5-12(11)18-13/h2-5,10,13,15H,6-9H2,1H3. The average molecular weight is 278 g/mol. The van der Waals surface area contributed by atoms with Crippen molar-refractivity contribution < 1.29 is 9.53 Å². The third kappa shape index (κ3) is 2.52. The van der Waals surface area contributed by atoms with Crippen LogP contribution in [0.3, 0.4) is 0 Å². The number of carbonyl (C=O) groups is 1. The third-order valence-corrected chi connectivity index (χ3v) is 4.75. The predicted molar refractivity (Wildman–Crippen MR) is 77.8 cm³/mol. The number of benzene rings is 1. The SMILES string of the molecule is CC1CSCCN1C(=O)C1CNc2ccccc2O1. The first kappa shape index (κ1) is 12.7. The number of ether oxygens (including phenoxy) is 1. The maximum atomic E-state index is 12.5. The van der Waals surface area contributed by atoms with Crippen molar-refractivity contribution in [3.8, 4) is 5.75 Å². The Morgan fingerprint density at radius 1 is 1.47 bits per heavy atom. The molecule has 2 unspecified atom stereocenters. The highest BCUT2D eigenvalue weighted by Gasteiger charge is 2.33. The molecule has 1 amide bonds. The molecule has 0 aromatic heterocycles. The molecule has 102 valence electrons. The number of anilines is 1. The highest BCUT2D eigenvalue weighted by Crippen LogP contribution is 2.29. The first-order valence-corrected chi connectivity index (χ1v) is 7.79. The molecule has 2 atom stereocenters. The van der Waals surface area contributed by atoms with E-state index in [0.717, 1.165) is 29.5 Å². The van der Waals surface area contributed by atoms with Crippen molar-refractivity contribution in [1.29, 1.82) is 0 Å². The number of amides is 1. The fourth-order valence-corrected chi connectivity index (χ4v) is 3.50. The van der Waals surface area contributed by atoms with Crippen LogP contribution in [0.2, 0.25) is 0 Å². The maximum Gasteiger partial charge on any atom is 0.265 e. The van der Waals surface area contributed by atoms with E-state index in [4.69, 9.17) is 4.74 Å². The highest BCUT2D eigenvalue weighted by atomic mass is 32.2. The van der Waals surface area contributed by atoms with Crippen molar-refractivity contribution in [3.63, 3.8) is 0 Å². The van der Waals surface area contributed by atoms with Gasteiger partial charge in [0.15, 0.2) is 6.10 Å². The summed E-state index contributed by atoms with van der Waals surface area (Å²) in [6.07, 6.45) is -0.402. The van der Waals surface area contributed by atoms with Gasteiger partial charge in [-0.2, -0.15) is 11.8 Å². The fourth-order valence-electron chi connectivity index (χ4n) is 2.49. The Balaban J connectivity index is 1.72. The number of para-hydroxylation sites is 2. The Morgan fingerprint density at radius 3 is 3.16 bits per heavy atom. The molecule has 1 aromatic carbocycles. The molecule has 1 N–H and O–H groups in total. The normalized spacial score (nSPS) is 26.1. The molecule has 0 bridgehead atoms. The Labute approximate surface area is 117 Å². The van der Waals surface area contributed by atoms with Crippen molar-refractivity contribution >= 4 is 23.4 Å². The molecular weight excluding hydrogens is 260 g/mol. The Bertz CT molecular complexity index is 480. The second-order valence-corrected chi connectivity index (χ2v) is 6.09. The molecule has 2 aliphatic heterocycles. The number of fused-ring (bicyclic) bond motifs is 1. The number of nitrogens with zero attached hydrogens (tertiary/aromatic N) is 1. The lowest BCUT2D eigenvalue weighted by Gasteiger charge is -2.37. The zero-order valence-corrected chi connectivity index (χ0v) is 11.8. The number of thioether (sulfide) groups is 1. The summed E-state index contributed by atoms with van der Waals surface area (Å²) in [6, 6.07) is 8.05. The van der Waals surface area contributed by atoms with Crippen LogP contribution < -0.4 is 10.1 Å². The molecule has 19 heavy (non-hydrogen) atoms. The lowest BCUT2D eigenvalue weighted by molar-refractivity contribution is -0.139. The van der Waals surface area contributed by atoms with Gasteiger partial charge < -0.3 is 15.0 Å². The van der Waals surface area contributed by atoms with E-state index >= 15 is 0 Å². The quantitative estimate of drug-likeness (QED) is 0.851. The topological polar surface area (TPSA) is 41.6 Å². The van der Waals surface area contributed by atoms with Crippen LogP contribution in [0.1, 0.15) is 6.92 Å². The first-order valence-electron chi connectivity index (χ1n) is 6.63. The number of hydrogen-bond acceptors (Lipinski definition) is 4. The molecule has 0 aliphatic carbocycles. The van der Waals surface area contributed by atoms with E-state index in [1.54, 1.807) is 0 Å². The van der Waals surface area contributed by atoms with Gasteiger partial charge in [-0.1, -0.05) is 12.1 Å². The first-order chi connectivity index (χ1) is 9.25. The van der Waals surface area contributed by atoms with Crippen LogP contribution in [0.4, 0.5) is 5.69 Å². The molecule has 4 nitrogen and oxygen atoms in total. The summed E-state index contributed by atoms with van der Waals surface area (Å²) >= 11 is 1.91. The van der Waals surface area contributed by atoms with E-state index in [1.807, 2.05) is 40.9 Å². The second kappa shape index (κ2) is 5.33. The number of carbonyl (C=O) groups excluding carboxylic acids is 1. The van der Waals surface area contributed by atoms with Gasteiger partial charge in [0, 0.05) is 24.1 Å². The molecule has 1 saturated heterocycles. The number of rotatable bonds is 1. The lowest BCUT2D eigenvalue weighted by Crippen LogP contribution is -2.52. The van der Waals surface area contributed by atoms with Gasteiger partial charge in [0.1, 0.15) is 5.75 Å². The molecule has 0 spiro atoms. The van der Waals surface area contributed by atoms with Crippen LogP contribution in [-0.2, 0) is 4.79 Å². The van der Waals surface area contributed by atoms with E-state index in [0.29, 0.717) is 12.6 Å². The molecule has 5 heteroatoms. The Kier molecular flexibility index (Phi) is 3.55. The molecule has 0 radical (unpaired) electrons. The van der Waals surface area contributed by atoms with Crippen molar-refractivity contribution in [2.24, 2.45) is 0 Å². The third-order valence-electron chi connectivity index (χ3n) is 3.56. The summed E-state index contributed by atoms with van der Waals surface area (Å²) in [5.41, 5.74) is 0.966. The summed E-state index contributed by atoms with van der Waals surface area (Å²) in [5.74, 6) is 2.91. The van der Waals surface area contributed by atoms with Crippen molar-refractivity contribution in [3.05, 3.63) is 24.3 Å².